The first-order valence-corrected chi connectivity index (χ1v) is 6.20. The molecule has 0 spiro atoms. The summed E-state index contributed by atoms with van der Waals surface area (Å²) in [5.41, 5.74) is 1.07. The molecule has 0 radical (unpaired) electrons. The highest BCUT2D eigenvalue weighted by Gasteiger charge is 2.22. The summed E-state index contributed by atoms with van der Waals surface area (Å²) in [4.78, 5) is 11.6. The third-order valence-electron chi connectivity index (χ3n) is 1.94. The molecule has 0 saturated heterocycles. The Morgan fingerprint density at radius 2 is 2.00 bits per heavy atom. The maximum Gasteiger partial charge on any atom is 0.236 e. The van der Waals surface area contributed by atoms with Crippen molar-refractivity contribution in [3.05, 3.63) is 34.3 Å². The van der Waals surface area contributed by atoms with Crippen LogP contribution in [-0.4, -0.2) is 10.2 Å². The zero-order valence-electron chi connectivity index (χ0n) is 8.68. The minimum absolute atomic E-state index is 0.0155. The molecule has 0 aliphatic rings. The van der Waals surface area contributed by atoms with Gasteiger partial charge in [0.1, 0.15) is 0 Å². The van der Waals surface area contributed by atoms with Crippen LogP contribution in [0.1, 0.15) is 19.4 Å². The highest BCUT2D eigenvalue weighted by molar-refractivity contribution is 9.10. The summed E-state index contributed by atoms with van der Waals surface area (Å²) in [6.45, 7) is 4.18. The van der Waals surface area contributed by atoms with Crippen LogP contribution in [-0.2, 0) is 11.3 Å². The number of carbonyl (C=O) groups is 1. The number of nitrogens with one attached hydrogen (secondary N) is 1. The van der Waals surface area contributed by atoms with Crippen molar-refractivity contribution in [2.45, 2.75) is 24.7 Å². The lowest BCUT2D eigenvalue weighted by molar-refractivity contribution is -0.122. The van der Waals surface area contributed by atoms with Crippen molar-refractivity contribution in [1.29, 1.82) is 0 Å². The van der Waals surface area contributed by atoms with E-state index >= 15 is 0 Å². The van der Waals surface area contributed by atoms with Gasteiger partial charge in [0.15, 0.2) is 0 Å². The smallest absolute Gasteiger partial charge is 0.236 e. The second-order valence-electron chi connectivity index (χ2n) is 3.75. The number of carbonyl (C=O) groups excluding carboxylic acids is 1. The first kappa shape index (κ1) is 12.7. The number of hydrogen-bond acceptors (Lipinski definition) is 1. The molecule has 1 aromatic rings. The fraction of sp³-hybridized carbons (Fsp3) is 0.364. The van der Waals surface area contributed by atoms with Crippen molar-refractivity contribution < 1.29 is 4.79 Å². The summed E-state index contributed by atoms with van der Waals surface area (Å²) < 4.78 is 0.492. The molecule has 0 saturated carbocycles. The van der Waals surface area contributed by atoms with Crippen LogP contribution in [0.4, 0.5) is 0 Å². The molecule has 1 amide bonds. The van der Waals surface area contributed by atoms with E-state index in [1.807, 2.05) is 38.1 Å². The summed E-state index contributed by atoms with van der Waals surface area (Å²) in [6.07, 6.45) is 0. The molecule has 0 aliphatic heterocycles. The number of halogens is 2. The van der Waals surface area contributed by atoms with Crippen LogP contribution < -0.4 is 5.32 Å². The van der Waals surface area contributed by atoms with Gasteiger partial charge in [-0.2, -0.15) is 0 Å². The molecule has 2 nitrogen and oxygen atoms in total. The molecule has 82 valence electrons. The van der Waals surface area contributed by atoms with Crippen molar-refractivity contribution in [1.82, 2.24) is 5.32 Å². The number of rotatable bonds is 3. The Bertz CT molecular complexity index is 358. The lowest BCUT2D eigenvalue weighted by Gasteiger charge is -2.16. The average molecular weight is 335 g/mol. The Balaban J connectivity index is 2.59. The highest BCUT2D eigenvalue weighted by atomic mass is 79.9. The van der Waals surface area contributed by atoms with Crippen molar-refractivity contribution >= 4 is 37.8 Å². The Hall–Kier alpha value is -0.350. The van der Waals surface area contributed by atoms with Gasteiger partial charge in [-0.1, -0.05) is 50.1 Å². The van der Waals surface area contributed by atoms with E-state index in [1.54, 1.807) is 0 Å². The van der Waals surface area contributed by atoms with E-state index in [0.717, 1.165) is 10.0 Å². The molecule has 1 rings (SSSR count). The Kier molecular flexibility index (Phi) is 4.34. The van der Waals surface area contributed by atoms with E-state index in [-0.39, 0.29) is 5.91 Å². The number of alkyl halides is 1. The maximum atomic E-state index is 11.6. The van der Waals surface area contributed by atoms with Crippen LogP contribution in [0.5, 0.6) is 0 Å². The van der Waals surface area contributed by atoms with Crippen molar-refractivity contribution in [3.8, 4) is 0 Å². The largest absolute Gasteiger partial charge is 0.351 e. The maximum absolute atomic E-state index is 11.6. The molecule has 0 atom stereocenters. The standard InChI is InChI=1S/C11H13Br2NO/c1-11(2,13)10(15)14-7-8-5-3-4-6-9(8)12/h3-6H,7H2,1-2H3,(H,14,15). The van der Waals surface area contributed by atoms with Crippen LogP contribution >= 0.6 is 31.9 Å². The van der Waals surface area contributed by atoms with Gasteiger partial charge in [0.05, 0.1) is 4.32 Å². The number of amides is 1. The molecule has 0 unspecified atom stereocenters. The predicted octanol–water partition coefficient (Wildman–Crippen LogP) is 3.24. The summed E-state index contributed by atoms with van der Waals surface area (Å²) >= 11 is 6.75. The van der Waals surface area contributed by atoms with E-state index in [9.17, 15) is 4.79 Å². The second-order valence-corrected chi connectivity index (χ2v) is 6.58. The van der Waals surface area contributed by atoms with Crippen LogP contribution in [0, 0.1) is 0 Å². The molecule has 0 aromatic heterocycles. The Morgan fingerprint density at radius 3 is 2.53 bits per heavy atom. The van der Waals surface area contributed by atoms with Crippen LogP contribution in [0.25, 0.3) is 0 Å². The SMILES string of the molecule is CC(C)(Br)C(=O)NCc1ccccc1Br. The molecule has 1 aromatic carbocycles. The summed E-state index contributed by atoms with van der Waals surface area (Å²) in [7, 11) is 0. The van der Waals surface area contributed by atoms with Crippen molar-refractivity contribution in [3.63, 3.8) is 0 Å². The fourth-order valence-electron chi connectivity index (χ4n) is 1.03. The predicted molar refractivity (Wildman–Crippen MR) is 69.0 cm³/mol. The van der Waals surface area contributed by atoms with E-state index in [2.05, 4.69) is 37.2 Å². The monoisotopic (exact) mass is 333 g/mol. The molecule has 4 heteroatoms. The summed E-state index contributed by atoms with van der Waals surface area (Å²) in [6, 6.07) is 7.84. The van der Waals surface area contributed by atoms with E-state index in [1.165, 1.54) is 0 Å². The molecule has 1 N–H and O–H groups in total. The van der Waals surface area contributed by atoms with Gasteiger partial charge in [0, 0.05) is 11.0 Å². The minimum Gasteiger partial charge on any atom is -0.351 e. The van der Waals surface area contributed by atoms with Crippen LogP contribution in [0.2, 0.25) is 0 Å². The lowest BCUT2D eigenvalue weighted by atomic mass is 10.2. The minimum atomic E-state index is -0.520. The van der Waals surface area contributed by atoms with Gasteiger partial charge in [0.2, 0.25) is 5.91 Å². The van der Waals surface area contributed by atoms with Gasteiger partial charge >= 0.3 is 0 Å². The molecule has 15 heavy (non-hydrogen) atoms. The average Bonchev–Trinajstić information content (AvgIpc) is 2.14. The molecule has 0 aliphatic carbocycles. The van der Waals surface area contributed by atoms with E-state index in [4.69, 9.17) is 0 Å². The molecule has 0 fully saturated rings. The highest BCUT2D eigenvalue weighted by Crippen LogP contribution is 2.18. The van der Waals surface area contributed by atoms with Gasteiger partial charge < -0.3 is 5.32 Å². The third kappa shape index (κ3) is 3.95. The first-order valence-electron chi connectivity index (χ1n) is 4.62. The zero-order chi connectivity index (χ0) is 11.5. The van der Waals surface area contributed by atoms with Crippen molar-refractivity contribution in [2.24, 2.45) is 0 Å². The number of benzene rings is 1. The Labute approximate surface area is 107 Å². The van der Waals surface area contributed by atoms with E-state index in [0.29, 0.717) is 6.54 Å². The number of hydrogen-bond donors (Lipinski definition) is 1. The molecular formula is C11H13Br2NO. The van der Waals surface area contributed by atoms with Crippen molar-refractivity contribution in [2.75, 3.05) is 0 Å². The Morgan fingerprint density at radius 1 is 1.40 bits per heavy atom. The second kappa shape index (κ2) is 5.12. The topological polar surface area (TPSA) is 29.1 Å². The van der Waals surface area contributed by atoms with Crippen LogP contribution in [0.15, 0.2) is 28.7 Å². The van der Waals surface area contributed by atoms with E-state index < -0.39 is 4.32 Å². The first-order chi connectivity index (χ1) is 6.91. The van der Waals surface area contributed by atoms with Gasteiger partial charge in [-0.05, 0) is 25.5 Å². The molecular weight excluding hydrogens is 322 g/mol. The quantitative estimate of drug-likeness (QED) is 0.845. The normalized spacial score (nSPS) is 11.2. The summed E-state index contributed by atoms with van der Waals surface area (Å²) in [5, 5.41) is 2.86. The van der Waals surface area contributed by atoms with Gasteiger partial charge in [-0.25, -0.2) is 0 Å². The zero-order valence-corrected chi connectivity index (χ0v) is 11.9. The van der Waals surface area contributed by atoms with Crippen LogP contribution in [0.3, 0.4) is 0 Å². The van der Waals surface area contributed by atoms with Gasteiger partial charge in [0.25, 0.3) is 0 Å². The summed E-state index contributed by atoms with van der Waals surface area (Å²) in [5.74, 6) is -0.0155. The third-order valence-corrected chi connectivity index (χ3v) is 3.07. The fourth-order valence-corrected chi connectivity index (χ4v) is 1.59. The lowest BCUT2D eigenvalue weighted by Crippen LogP contribution is -2.37. The molecule has 0 heterocycles. The van der Waals surface area contributed by atoms with Gasteiger partial charge in [-0.15, -0.1) is 0 Å². The van der Waals surface area contributed by atoms with Gasteiger partial charge in [-0.3, -0.25) is 4.79 Å². The molecule has 0 bridgehead atoms.